The van der Waals surface area contributed by atoms with Crippen LogP contribution in [0.2, 0.25) is 0 Å². The fourth-order valence-electron chi connectivity index (χ4n) is 1.83. The van der Waals surface area contributed by atoms with Crippen LogP contribution in [-0.4, -0.2) is 20.4 Å². The van der Waals surface area contributed by atoms with Crippen LogP contribution in [0.3, 0.4) is 0 Å². The SMILES string of the molecule is Cc1cc(C)n2c(CNC(C)C)cnc2n1. The summed E-state index contributed by atoms with van der Waals surface area (Å²) in [6.07, 6.45) is 1.89. The summed E-state index contributed by atoms with van der Waals surface area (Å²) in [5.41, 5.74) is 3.35. The van der Waals surface area contributed by atoms with Gasteiger partial charge in [-0.2, -0.15) is 0 Å². The summed E-state index contributed by atoms with van der Waals surface area (Å²) < 4.78 is 2.10. The number of hydrogen-bond donors (Lipinski definition) is 1. The monoisotopic (exact) mass is 218 g/mol. The molecule has 16 heavy (non-hydrogen) atoms. The van der Waals surface area contributed by atoms with Gasteiger partial charge in [-0.3, -0.25) is 4.40 Å². The van der Waals surface area contributed by atoms with E-state index in [9.17, 15) is 0 Å². The molecular weight excluding hydrogens is 200 g/mol. The predicted molar refractivity (Wildman–Crippen MR) is 64.4 cm³/mol. The molecule has 0 aliphatic rings. The molecule has 2 aromatic rings. The predicted octanol–water partition coefficient (Wildman–Crippen LogP) is 1.84. The van der Waals surface area contributed by atoms with Crippen LogP contribution in [0.1, 0.15) is 30.9 Å². The van der Waals surface area contributed by atoms with E-state index in [0.29, 0.717) is 6.04 Å². The topological polar surface area (TPSA) is 42.2 Å². The van der Waals surface area contributed by atoms with Crippen LogP contribution >= 0.6 is 0 Å². The van der Waals surface area contributed by atoms with Gasteiger partial charge in [-0.25, -0.2) is 9.97 Å². The number of imidazole rings is 1. The van der Waals surface area contributed by atoms with Crippen molar-refractivity contribution in [3.63, 3.8) is 0 Å². The summed E-state index contributed by atoms with van der Waals surface area (Å²) in [5.74, 6) is 0.790. The number of rotatable bonds is 3. The lowest BCUT2D eigenvalue weighted by molar-refractivity contribution is 0.578. The maximum Gasteiger partial charge on any atom is 0.234 e. The van der Waals surface area contributed by atoms with E-state index in [-0.39, 0.29) is 0 Å². The van der Waals surface area contributed by atoms with E-state index in [1.54, 1.807) is 0 Å². The second-order valence-electron chi connectivity index (χ2n) is 4.46. The van der Waals surface area contributed by atoms with Crippen LogP contribution in [0.15, 0.2) is 12.3 Å². The number of hydrogen-bond acceptors (Lipinski definition) is 3. The summed E-state index contributed by atoms with van der Waals surface area (Å²) in [6.45, 7) is 9.18. The highest BCUT2D eigenvalue weighted by molar-refractivity contribution is 5.35. The Morgan fingerprint density at radius 2 is 2.12 bits per heavy atom. The zero-order valence-electron chi connectivity index (χ0n) is 10.3. The molecule has 4 heteroatoms. The summed E-state index contributed by atoms with van der Waals surface area (Å²) >= 11 is 0. The molecule has 2 heterocycles. The summed E-state index contributed by atoms with van der Waals surface area (Å²) in [6, 6.07) is 2.55. The molecule has 0 fully saturated rings. The van der Waals surface area contributed by atoms with Crippen molar-refractivity contribution >= 4 is 5.78 Å². The summed E-state index contributed by atoms with van der Waals surface area (Å²) in [4.78, 5) is 8.74. The van der Waals surface area contributed by atoms with Crippen molar-refractivity contribution in [3.05, 3.63) is 29.3 Å². The highest BCUT2D eigenvalue weighted by Crippen LogP contribution is 2.10. The molecule has 0 bridgehead atoms. The molecular formula is C12H18N4. The average molecular weight is 218 g/mol. The van der Waals surface area contributed by atoms with E-state index in [4.69, 9.17) is 0 Å². The molecule has 0 unspecified atom stereocenters. The largest absolute Gasteiger partial charge is 0.309 e. The lowest BCUT2D eigenvalue weighted by Gasteiger charge is -2.09. The van der Waals surface area contributed by atoms with Gasteiger partial charge in [-0.15, -0.1) is 0 Å². The van der Waals surface area contributed by atoms with Crippen molar-refractivity contribution in [1.29, 1.82) is 0 Å². The zero-order chi connectivity index (χ0) is 11.7. The third kappa shape index (κ3) is 2.07. The Morgan fingerprint density at radius 1 is 1.38 bits per heavy atom. The quantitative estimate of drug-likeness (QED) is 0.854. The van der Waals surface area contributed by atoms with E-state index in [1.807, 2.05) is 13.1 Å². The van der Waals surface area contributed by atoms with Crippen LogP contribution in [-0.2, 0) is 6.54 Å². The van der Waals surface area contributed by atoms with Crippen LogP contribution in [0.25, 0.3) is 5.78 Å². The highest BCUT2D eigenvalue weighted by atomic mass is 15.1. The van der Waals surface area contributed by atoms with Gasteiger partial charge in [-0.05, 0) is 19.9 Å². The van der Waals surface area contributed by atoms with Crippen LogP contribution in [0.4, 0.5) is 0 Å². The molecule has 0 amide bonds. The average Bonchev–Trinajstić information content (AvgIpc) is 2.57. The Bertz CT molecular complexity index is 499. The first-order valence-electron chi connectivity index (χ1n) is 5.62. The van der Waals surface area contributed by atoms with Crippen molar-refractivity contribution < 1.29 is 0 Å². The lowest BCUT2D eigenvalue weighted by Crippen LogP contribution is -2.22. The molecule has 1 N–H and O–H groups in total. The minimum atomic E-state index is 0.476. The third-order valence-corrected chi connectivity index (χ3v) is 2.55. The second kappa shape index (κ2) is 4.22. The van der Waals surface area contributed by atoms with E-state index in [1.165, 1.54) is 5.69 Å². The molecule has 0 aliphatic carbocycles. The number of fused-ring (bicyclic) bond motifs is 1. The number of aryl methyl sites for hydroxylation is 2. The van der Waals surface area contributed by atoms with Crippen molar-refractivity contribution in [3.8, 4) is 0 Å². The van der Waals surface area contributed by atoms with E-state index in [2.05, 4.69) is 46.5 Å². The van der Waals surface area contributed by atoms with E-state index in [0.717, 1.165) is 23.7 Å². The second-order valence-corrected chi connectivity index (χ2v) is 4.46. The van der Waals surface area contributed by atoms with Crippen LogP contribution < -0.4 is 5.32 Å². The number of aromatic nitrogens is 3. The maximum atomic E-state index is 4.41. The van der Waals surface area contributed by atoms with Gasteiger partial charge < -0.3 is 5.32 Å². The first-order valence-corrected chi connectivity index (χ1v) is 5.62. The molecule has 0 radical (unpaired) electrons. The minimum Gasteiger partial charge on any atom is -0.309 e. The molecule has 0 saturated carbocycles. The van der Waals surface area contributed by atoms with Gasteiger partial charge in [0.2, 0.25) is 5.78 Å². The molecule has 0 spiro atoms. The standard InChI is InChI=1S/C12H18N4/c1-8(2)13-6-11-7-14-12-15-9(3)5-10(4)16(11)12/h5,7-8,13H,6H2,1-4H3. The Labute approximate surface area is 95.7 Å². The number of nitrogens with one attached hydrogen (secondary N) is 1. The van der Waals surface area contributed by atoms with Gasteiger partial charge in [0, 0.05) is 24.0 Å². The Kier molecular flexibility index (Phi) is 2.92. The van der Waals surface area contributed by atoms with Crippen molar-refractivity contribution in [2.75, 3.05) is 0 Å². The Balaban J connectivity index is 2.40. The fraction of sp³-hybridized carbons (Fsp3) is 0.500. The van der Waals surface area contributed by atoms with Gasteiger partial charge in [-0.1, -0.05) is 13.8 Å². The van der Waals surface area contributed by atoms with Gasteiger partial charge in [0.25, 0.3) is 0 Å². The van der Waals surface area contributed by atoms with Crippen LogP contribution in [0.5, 0.6) is 0 Å². The molecule has 0 atom stereocenters. The molecule has 0 saturated heterocycles. The van der Waals surface area contributed by atoms with Gasteiger partial charge in [0.05, 0.1) is 11.9 Å². The Morgan fingerprint density at radius 3 is 2.81 bits per heavy atom. The summed E-state index contributed by atoms with van der Waals surface area (Å²) in [7, 11) is 0. The summed E-state index contributed by atoms with van der Waals surface area (Å²) in [5, 5.41) is 3.39. The smallest absolute Gasteiger partial charge is 0.234 e. The van der Waals surface area contributed by atoms with E-state index < -0.39 is 0 Å². The van der Waals surface area contributed by atoms with Gasteiger partial charge >= 0.3 is 0 Å². The molecule has 2 rings (SSSR count). The Hall–Kier alpha value is -1.42. The molecule has 0 aromatic carbocycles. The van der Waals surface area contributed by atoms with Crippen LogP contribution in [0, 0.1) is 13.8 Å². The van der Waals surface area contributed by atoms with Crippen molar-refractivity contribution in [2.45, 2.75) is 40.3 Å². The van der Waals surface area contributed by atoms with E-state index >= 15 is 0 Å². The normalized spacial score (nSPS) is 11.6. The first-order chi connectivity index (χ1) is 7.58. The highest BCUT2D eigenvalue weighted by Gasteiger charge is 2.07. The van der Waals surface area contributed by atoms with Gasteiger partial charge in [0.1, 0.15) is 0 Å². The lowest BCUT2D eigenvalue weighted by atomic mass is 10.3. The minimum absolute atomic E-state index is 0.476. The zero-order valence-corrected chi connectivity index (χ0v) is 10.3. The van der Waals surface area contributed by atoms with Crippen molar-refractivity contribution in [2.24, 2.45) is 0 Å². The first kappa shape index (κ1) is 11.1. The molecule has 0 aliphatic heterocycles. The van der Waals surface area contributed by atoms with Gasteiger partial charge in [0.15, 0.2) is 0 Å². The maximum absolute atomic E-state index is 4.41. The third-order valence-electron chi connectivity index (χ3n) is 2.55. The molecule has 86 valence electrons. The fourth-order valence-corrected chi connectivity index (χ4v) is 1.83. The van der Waals surface area contributed by atoms with Crippen molar-refractivity contribution in [1.82, 2.24) is 19.7 Å². The number of nitrogens with zero attached hydrogens (tertiary/aromatic N) is 3. The molecule has 4 nitrogen and oxygen atoms in total. The molecule has 2 aromatic heterocycles.